The Bertz CT molecular complexity index is 953. The van der Waals surface area contributed by atoms with E-state index in [0.29, 0.717) is 52.4 Å². The average molecular weight is 466 g/mol. The zero-order valence-corrected chi connectivity index (χ0v) is 18.9. The lowest BCUT2D eigenvalue weighted by atomic mass is 10.1. The van der Waals surface area contributed by atoms with Crippen molar-refractivity contribution in [2.75, 3.05) is 20.3 Å². The van der Waals surface area contributed by atoms with Crippen LogP contribution in [0.25, 0.3) is 6.08 Å². The number of rotatable bonds is 8. The van der Waals surface area contributed by atoms with E-state index in [1.165, 1.54) is 10.5 Å². The number of ether oxygens (including phenoxy) is 2. The summed E-state index contributed by atoms with van der Waals surface area (Å²) in [4.78, 5) is 26.2. The Morgan fingerprint density at radius 2 is 1.77 bits per heavy atom. The molecule has 0 radical (unpaired) electrons. The summed E-state index contributed by atoms with van der Waals surface area (Å²) < 4.78 is 10.8. The van der Waals surface area contributed by atoms with Crippen molar-refractivity contribution in [3.63, 3.8) is 0 Å². The molecule has 1 saturated heterocycles. The van der Waals surface area contributed by atoms with Gasteiger partial charge < -0.3 is 9.47 Å². The van der Waals surface area contributed by atoms with Gasteiger partial charge in [0.25, 0.3) is 11.1 Å². The Labute approximate surface area is 189 Å². The highest BCUT2D eigenvalue weighted by molar-refractivity contribution is 8.18. The van der Waals surface area contributed by atoms with Crippen LogP contribution in [0.4, 0.5) is 4.79 Å². The van der Waals surface area contributed by atoms with Gasteiger partial charge in [0, 0.05) is 20.3 Å². The molecule has 2 aromatic rings. The zero-order chi connectivity index (χ0) is 21.7. The number of benzene rings is 2. The first-order valence-electron chi connectivity index (χ1n) is 9.30. The Balaban J connectivity index is 1.72. The first kappa shape index (κ1) is 22.7. The molecule has 1 fully saturated rings. The molecule has 0 saturated carbocycles. The Hall–Kier alpha value is -1.99. The molecule has 0 spiro atoms. The second-order valence-corrected chi connectivity index (χ2v) is 8.58. The summed E-state index contributed by atoms with van der Waals surface area (Å²) in [7, 11) is 1.58. The van der Waals surface area contributed by atoms with Crippen LogP contribution in [0.5, 0.6) is 5.75 Å². The fourth-order valence-electron chi connectivity index (χ4n) is 2.85. The molecule has 5 nitrogen and oxygen atoms in total. The van der Waals surface area contributed by atoms with Crippen molar-refractivity contribution in [2.45, 2.75) is 20.0 Å². The highest BCUT2D eigenvalue weighted by atomic mass is 35.5. The molecule has 8 heteroatoms. The molecular formula is C22H21Cl2NO4S. The summed E-state index contributed by atoms with van der Waals surface area (Å²) in [5.41, 5.74) is 2.79. The SMILES string of the molecule is COCCCN1C(=O)S/C(=C/c2cc(Cl)c(OCc3ccc(C)cc3)c(Cl)c2)C1=O. The number of thioether (sulfide) groups is 1. The number of hydrogen-bond donors (Lipinski definition) is 0. The standard InChI is InChI=1S/C22H21Cl2NO4S/c1-14-4-6-15(7-5-14)13-29-20-17(23)10-16(11-18(20)24)12-19-21(26)25(22(27)30-19)8-3-9-28-2/h4-7,10-12H,3,8-9,13H2,1-2H3/b19-12+. The van der Waals surface area contributed by atoms with Crippen molar-refractivity contribution in [1.82, 2.24) is 4.90 Å². The molecule has 1 aliphatic rings. The number of carbonyl (C=O) groups excluding carboxylic acids is 2. The van der Waals surface area contributed by atoms with Gasteiger partial charge in [-0.25, -0.2) is 0 Å². The van der Waals surface area contributed by atoms with Gasteiger partial charge in [0.05, 0.1) is 15.0 Å². The molecule has 2 aromatic carbocycles. The van der Waals surface area contributed by atoms with Crippen LogP contribution in [-0.2, 0) is 16.1 Å². The maximum atomic E-state index is 12.5. The van der Waals surface area contributed by atoms with Gasteiger partial charge in [-0.15, -0.1) is 0 Å². The second kappa shape index (κ2) is 10.4. The van der Waals surface area contributed by atoms with Gasteiger partial charge in [0.1, 0.15) is 6.61 Å². The first-order valence-corrected chi connectivity index (χ1v) is 10.9. The molecular weight excluding hydrogens is 445 g/mol. The van der Waals surface area contributed by atoms with Gasteiger partial charge in [0.2, 0.25) is 0 Å². The third-order valence-corrected chi connectivity index (χ3v) is 5.89. The number of hydrogen-bond acceptors (Lipinski definition) is 5. The van der Waals surface area contributed by atoms with Crippen molar-refractivity contribution in [3.05, 3.63) is 68.0 Å². The quantitative estimate of drug-likeness (QED) is 0.355. The monoisotopic (exact) mass is 465 g/mol. The molecule has 2 amide bonds. The van der Waals surface area contributed by atoms with Gasteiger partial charge in [-0.3, -0.25) is 14.5 Å². The predicted molar refractivity (Wildman–Crippen MR) is 121 cm³/mol. The van der Waals surface area contributed by atoms with E-state index >= 15 is 0 Å². The smallest absolute Gasteiger partial charge is 0.293 e. The number of imide groups is 1. The van der Waals surface area contributed by atoms with Crippen LogP contribution >= 0.6 is 35.0 Å². The minimum absolute atomic E-state index is 0.294. The van der Waals surface area contributed by atoms with Gasteiger partial charge >= 0.3 is 0 Å². The van der Waals surface area contributed by atoms with Crippen molar-refractivity contribution in [1.29, 1.82) is 0 Å². The van der Waals surface area contributed by atoms with Gasteiger partial charge in [0.15, 0.2) is 5.75 Å². The Kier molecular flexibility index (Phi) is 7.83. The van der Waals surface area contributed by atoms with E-state index in [9.17, 15) is 9.59 Å². The fraction of sp³-hybridized carbons (Fsp3) is 0.273. The van der Waals surface area contributed by atoms with Crippen molar-refractivity contribution in [2.24, 2.45) is 0 Å². The van der Waals surface area contributed by atoms with Crippen molar-refractivity contribution < 1.29 is 19.1 Å². The van der Waals surface area contributed by atoms with E-state index in [0.717, 1.165) is 17.3 Å². The number of nitrogens with zero attached hydrogens (tertiary/aromatic N) is 1. The van der Waals surface area contributed by atoms with E-state index in [-0.39, 0.29) is 11.1 Å². The molecule has 0 unspecified atom stereocenters. The molecule has 3 rings (SSSR count). The highest BCUT2D eigenvalue weighted by Crippen LogP contribution is 2.37. The topological polar surface area (TPSA) is 55.8 Å². The fourth-order valence-corrected chi connectivity index (χ4v) is 4.33. The van der Waals surface area contributed by atoms with E-state index in [1.54, 1.807) is 25.3 Å². The minimum atomic E-state index is -0.326. The Morgan fingerprint density at radius 3 is 2.40 bits per heavy atom. The number of halogens is 2. The summed E-state index contributed by atoms with van der Waals surface area (Å²) in [5.74, 6) is 0.0526. The summed E-state index contributed by atoms with van der Waals surface area (Å²) in [6.07, 6.45) is 2.20. The molecule has 0 aliphatic carbocycles. The molecule has 1 heterocycles. The second-order valence-electron chi connectivity index (χ2n) is 6.77. The minimum Gasteiger partial charge on any atom is -0.486 e. The maximum Gasteiger partial charge on any atom is 0.293 e. The normalized spacial score (nSPS) is 15.3. The van der Waals surface area contributed by atoms with E-state index < -0.39 is 0 Å². The largest absolute Gasteiger partial charge is 0.486 e. The van der Waals surface area contributed by atoms with Crippen LogP contribution in [0.1, 0.15) is 23.1 Å². The lowest BCUT2D eigenvalue weighted by molar-refractivity contribution is -0.122. The number of carbonyl (C=O) groups is 2. The summed E-state index contributed by atoms with van der Waals surface area (Å²) in [6.45, 7) is 3.16. The van der Waals surface area contributed by atoms with Gasteiger partial charge in [-0.2, -0.15) is 0 Å². The summed E-state index contributed by atoms with van der Waals surface area (Å²) >= 11 is 13.6. The molecule has 0 bridgehead atoms. The molecule has 1 aliphatic heterocycles. The zero-order valence-electron chi connectivity index (χ0n) is 16.6. The van der Waals surface area contributed by atoms with Crippen LogP contribution in [-0.4, -0.2) is 36.3 Å². The summed E-state index contributed by atoms with van der Waals surface area (Å²) in [6, 6.07) is 11.3. The molecule has 0 atom stereocenters. The summed E-state index contributed by atoms with van der Waals surface area (Å²) in [5, 5.41) is 0.373. The highest BCUT2D eigenvalue weighted by Gasteiger charge is 2.34. The van der Waals surface area contributed by atoms with Crippen LogP contribution in [0.15, 0.2) is 41.3 Å². The van der Waals surface area contributed by atoms with Crippen molar-refractivity contribution in [3.8, 4) is 5.75 Å². The van der Waals surface area contributed by atoms with Crippen LogP contribution < -0.4 is 4.74 Å². The number of aryl methyl sites for hydroxylation is 1. The first-order chi connectivity index (χ1) is 14.4. The third-order valence-electron chi connectivity index (χ3n) is 4.43. The predicted octanol–water partition coefficient (Wildman–Crippen LogP) is 5.95. The van der Waals surface area contributed by atoms with Crippen molar-refractivity contribution >= 4 is 52.2 Å². The van der Waals surface area contributed by atoms with Gasteiger partial charge in [-0.05, 0) is 54.4 Å². The van der Waals surface area contributed by atoms with Gasteiger partial charge in [-0.1, -0.05) is 53.0 Å². The molecule has 30 heavy (non-hydrogen) atoms. The molecule has 0 N–H and O–H groups in total. The number of methoxy groups -OCH3 is 1. The van der Waals surface area contributed by atoms with E-state index in [2.05, 4.69) is 0 Å². The van der Waals surface area contributed by atoms with Crippen LogP contribution in [0.3, 0.4) is 0 Å². The maximum absolute atomic E-state index is 12.5. The van der Waals surface area contributed by atoms with E-state index in [1.807, 2.05) is 31.2 Å². The molecule has 158 valence electrons. The lowest BCUT2D eigenvalue weighted by Gasteiger charge is -2.12. The third kappa shape index (κ3) is 5.58. The lowest BCUT2D eigenvalue weighted by Crippen LogP contribution is -2.29. The van der Waals surface area contributed by atoms with Crippen LogP contribution in [0.2, 0.25) is 10.0 Å². The molecule has 0 aromatic heterocycles. The Morgan fingerprint density at radius 1 is 1.10 bits per heavy atom. The average Bonchev–Trinajstić information content (AvgIpc) is 2.96. The number of amides is 2. The van der Waals surface area contributed by atoms with E-state index in [4.69, 9.17) is 32.7 Å². The van der Waals surface area contributed by atoms with Crippen LogP contribution in [0, 0.1) is 6.92 Å².